The molecule has 0 radical (unpaired) electrons. The zero-order chi connectivity index (χ0) is 13.9. The second-order valence-corrected chi connectivity index (χ2v) is 4.50. The van der Waals surface area contributed by atoms with Crippen LogP contribution in [0.1, 0.15) is 14.7 Å². The Hall–Kier alpha value is -1.63. The molecule has 4 N–H and O–H groups in total. The Kier molecular flexibility index (Phi) is 2.12. The number of aliphatic hydroxyl groups is 1. The van der Waals surface area contributed by atoms with Crippen molar-refractivity contribution in [2.75, 3.05) is 0 Å². The summed E-state index contributed by atoms with van der Waals surface area (Å²) < 4.78 is 7.67. The van der Waals surface area contributed by atoms with E-state index in [1.807, 2.05) is 0 Å². The molecule has 0 unspecified atom stereocenters. The molecular formula is C10H13NO6. The van der Waals surface area contributed by atoms with Gasteiger partial charge in [-0.15, -0.1) is 0 Å². The Balaban J connectivity index is 2.44. The van der Waals surface area contributed by atoms with Crippen LogP contribution in [0.15, 0.2) is 0 Å². The lowest BCUT2D eigenvalue weighted by Gasteiger charge is -2.31. The summed E-state index contributed by atoms with van der Waals surface area (Å²) in [6, 6.07) is 0. The van der Waals surface area contributed by atoms with Gasteiger partial charge in [-0.1, -0.05) is 0 Å². The summed E-state index contributed by atoms with van der Waals surface area (Å²) >= 11 is 0. The average Bonchev–Trinajstić information content (AvgIpc) is 2.80. The number of rotatable bonds is 3. The molecule has 0 aromatic rings. The van der Waals surface area contributed by atoms with Gasteiger partial charge in [0.05, 0.1) is 13.4 Å². The highest BCUT2D eigenvalue weighted by molar-refractivity contribution is 5.90. The minimum atomic E-state index is -2.40. The van der Waals surface area contributed by atoms with Gasteiger partial charge in [-0.05, 0) is 12.3 Å². The number of carbonyl (C=O) groups excluding carboxylic acids is 1. The zero-order valence-electron chi connectivity index (χ0n) is 10.0. The molecule has 0 spiro atoms. The van der Waals surface area contributed by atoms with E-state index in [4.69, 9.17) is 6.48 Å². The third kappa shape index (κ3) is 1.42. The lowest BCUT2D eigenvalue weighted by Crippen LogP contribution is -2.62. The molecule has 2 rings (SSSR count). The van der Waals surface area contributed by atoms with Crippen molar-refractivity contribution in [3.05, 3.63) is 0 Å². The summed E-state index contributed by atoms with van der Waals surface area (Å²) in [5, 5.41) is 30.2. The van der Waals surface area contributed by atoms with Crippen LogP contribution in [0.2, 0.25) is 0 Å². The molecule has 0 saturated heterocycles. The Labute approximate surface area is 97.8 Å². The zero-order valence-corrected chi connectivity index (χ0v) is 9.01. The Morgan fingerprint density at radius 2 is 2.00 bits per heavy atom. The van der Waals surface area contributed by atoms with E-state index in [9.17, 15) is 24.6 Å². The van der Waals surface area contributed by atoms with Crippen LogP contribution in [0.25, 0.3) is 0 Å². The molecule has 0 aromatic carbocycles. The largest absolute Gasteiger partial charge is 0.481 e. The van der Waals surface area contributed by atoms with Crippen molar-refractivity contribution < 1.29 is 31.1 Å². The maximum atomic E-state index is 11.4. The smallest absolute Gasteiger partial charge is 0.332 e. The number of fused-ring (bicyclic) bond motifs is 1. The molecule has 0 heterocycles. The first kappa shape index (κ1) is 10.5. The molecule has 17 heavy (non-hydrogen) atoms. The van der Waals surface area contributed by atoms with E-state index in [2.05, 4.69) is 5.32 Å². The molecule has 7 nitrogen and oxygen atoms in total. The first-order chi connectivity index (χ1) is 8.15. The number of aliphatic carboxylic acids is 2. The minimum absolute atomic E-state index is 0.277. The van der Waals surface area contributed by atoms with Gasteiger partial charge in [-0.2, -0.15) is 0 Å². The van der Waals surface area contributed by atoms with E-state index in [1.54, 1.807) is 0 Å². The first-order valence-corrected chi connectivity index (χ1v) is 5.12. The van der Waals surface area contributed by atoms with Gasteiger partial charge >= 0.3 is 11.9 Å². The highest BCUT2D eigenvalue weighted by Crippen LogP contribution is 2.62. The molecule has 5 atom stereocenters. The molecule has 0 aliphatic heterocycles. The van der Waals surface area contributed by atoms with E-state index in [0.29, 0.717) is 0 Å². The molecule has 2 aliphatic carbocycles. The van der Waals surface area contributed by atoms with Crippen molar-refractivity contribution in [2.24, 2.45) is 17.8 Å². The third-order valence-corrected chi connectivity index (χ3v) is 3.55. The van der Waals surface area contributed by atoms with Crippen molar-refractivity contribution in [1.29, 1.82) is 0 Å². The fraction of sp³-hybridized carbons (Fsp3) is 0.700. The Morgan fingerprint density at radius 1 is 1.41 bits per heavy atom. The summed E-state index contributed by atoms with van der Waals surface area (Å²) in [4.78, 5) is 33.4. The highest BCUT2D eigenvalue weighted by Gasteiger charge is 2.75. The van der Waals surface area contributed by atoms with Gasteiger partial charge in [-0.25, -0.2) is 4.79 Å². The van der Waals surface area contributed by atoms with Gasteiger partial charge in [0.1, 0.15) is 0 Å². The van der Waals surface area contributed by atoms with Crippen LogP contribution in [-0.4, -0.2) is 44.8 Å². The quantitative estimate of drug-likeness (QED) is 0.487. The Morgan fingerprint density at radius 3 is 2.41 bits per heavy atom. The number of hydrogen-bond acceptors (Lipinski definition) is 4. The summed E-state index contributed by atoms with van der Waals surface area (Å²) in [6.07, 6.45) is -2.67. The lowest BCUT2D eigenvalue weighted by molar-refractivity contribution is -0.154. The summed E-state index contributed by atoms with van der Waals surface area (Å²) in [6.45, 7) is 1.06. The van der Waals surface area contributed by atoms with Crippen molar-refractivity contribution in [3.63, 3.8) is 0 Å². The normalized spacial score (nSPS) is 47.9. The second-order valence-electron chi connectivity index (χ2n) is 4.50. The van der Waals surface area contributed by atoms with Gasteiger partial charge in [0.2, 0.25) is 5.91 Å². The van der Waals surface area contributed by atoms with Crippen LogP contribution >= 0.6 is 0 Å². The monoisotopic (exact) mass is 244 g/mol. The summed E-state index contributed by atoms with van der Waals surface area (Å²) in [7, 11) is 0. The van der Waals surface area contributed by atoms with Crippen LogP contribution < -0.4 is 5.32 Å². The number of carbonyl (C=O) groups is 3. The maximum absolute atomic E-state index is 11.4. The molecule has 2 saturated carbocycles. The lowest BCUT2D eigenvalue weighted by atomic mass is 9.87. The van der Waals surface area contributed by atoms with Gasteiger partial charge in [0, 0.05) is 12.8 Å². The van der Waals surface area contributed by atoms with Crippen LogP contribution in [-0.2, 0) is 14.4 Å². The highest BCUT2D eigenvalue weighted by atomic mass is 16.4. The number of amides is 1. The van der Waals surface area contributed by atoms with Gasteiger partial charge in [0.15, 0.2) is 5.54 Å². The molecule has 7 heteroatoms. The predicted octanol–water partition coefficient (Wildman–Crippen LogP) is -1.34. The SMILES string of the molecule is [2H][C@]1(O)C[C@H]2[C@H](C(=O)O)[C@H]2[C@]1(NC(C)=O)C(=O)O. The van der Waals surface area contributed by atoms with Crippen LogP contribution in [0.4, 0.5) is 0 Å². The molecule has 2 aliphatic rings. The van der Waals surface area contributed by atoms with Crippen molar-refractivity contribution in [2.45, 2.75) is 25.0 Å². The van der Waals surface area contributed by atoms with Gasteiger partial charge < -0.3 is 20.6 Å². The van der Waals surface area contributed by atoms with E-state index in [1.165, 1.54) is 0 Å². The standard InChI is InChI=1S/C10H13NO6/c1-3(12)11-10(9(16)17)5(13)2-4-6(7(4)10)8(14)15/h4-7,13H,2H2,1H3,(H,11,12)(H,14,15)(H,16,17)/t4-,5-,6-,7-,10-/m0/s1/i5D. The van der Waals surface area contributed by atoms with Crippen molar-refractivity contribution in [3.8, 4) is 0 Å². The fourth-order valence-electron chi connectivity index (χ4n) is 2.88. The number of hydrogen-bond donors (Lipinski definition) is 4. The average molecular weight is 244 g/mol. The summed E-state index contributed by atoms with van der Waals surface area (Å²) in [5.74, 6) is -5.94. The van der Waals surface area contributed by atoms with Crippen molar-refractivity contribution >= 4 is 17.8 Å². The van der Waals surface area contributed by atoms with E-state index in [0.717, 1.165) is 6.92 Å². The van der Waals surface area contributed by atoms with Crippen LogP contribution in [0.3, 0.4) is 0 Å². The van der Waals surface area contributed by atoms with E-state index in [-0.39, 0.29) is 6.42 Å². The molecule has 0 bridgehead atoms. The molecule has 1 amide bonds. The third-order valence-electron chi connectivity index (χ3n) is 3.55. The Bertz CT molecular complexity index is 450. The molecular weight excluding hydrogens is 230 g/mol. The van der Waals surface area contributed by atoms with Crippen LogP contribution in [0, 0.1) is 17.8 Å². The van der Waals surface area contributed by atoms with Crippen LogP contribution in [0.5, 0.6) is 0 Å². The van der Waals surface area contributed by atoms with Gasteiger partial charge in [-0.3, -0.25) is 9.59 Å². The summed E-state index contributed by atoms with van der Waals surface area (Å²) in [5.41, 5.74) is -2.24. The topological polar surface area (TPSA) is 124 Å². The predicted molar refractivity (Wildman–Crippen MR) is 52.9 cm³/mol. The maximum Gasteiger partial charge on any atom is 0.332 e. The molecule has 0 aromatic heterocycles. The van der Waals surface area contributed by atoms with Gasteiger partial charge in [0.25, 0.3) is 0 Å². The first-order valence-electron chi connectivity index (χ1n) is 5.62. The van der Waals surface area contributed by atoms with Crippen molar-refractivity contribution in [1.82, 2.24) is 5.32 Å². The molecule has 94 valence electrons. The molecule has 2 fully saturated rings. The second kappa shape index (κ2) is 3.43. The minimum Gasteiger partial charge on any atom is -0.481 e. The fourth-order valence-corrected chi connectivity index (χ4v) is 2.88. The number of carboxylic acid groups (broad SMARTS) is 2. The number of carboxylic acids is 2. The number of nitrogens with one attached hydrogen (secondary N) is 1. The van der Waals surface area contributed by atoms with E-state index < -0.39 is 47.2 Å². The van der Waals surface area contributed by atoms with E-state index >= 15 is 0 Å².